The van der Waals surface area contributed by atoms with Crippen LogP contribution >= 0.6 is 15.9 Å². The number of carbonyl (C=O) groups is 1. The van der Waals surface area contributed by atoms with Crippen LogP contribution in [0.4, 0.5) is 5.69 Å². The minimum Gasteiger partial charge on any atom is -0.325 e. The Balaban J connectivity index is 2.18. The Labute approximate surface area is 138 Å². The van der Waals surface area contributed by atoms with Gasteiger partial charge in [0.1, 0.15) is 0 Å². The van der Waals surface area contributed by atoms with E-state index in [9.17, 15) is 4.79 Å². The summed E-state index contributed by atoms with van der Waals surface area (Å²) in [7, 11) is 0. The minimum absolute atomic E-state index is 0.0442. The molecule has 1 atom stereocenters. The van der Waals surface area contributed by atoms with Gasteiger partial charge in [-0.2, -0.15) is 0 Å². The van der Waals surface area contributed by atoms with E-state index in [1.165, 1.54) is 0 Å². The number of rotatable bonds is 2. The zero-order valence-electron chi connectivity index (χ0n) is 11.9. The van der Waals surface area contributed by atoms with E-state index in [0.717, 1.165) is 21.3 Å². The number of nitrogens with one attached hydrogen (secondary N) is 1. The van der Waals surface area contributed by atoms with E-state index < -0.39 is 0 Å². The third kappa shape index (κ3) is 2.92. The molecule has 0 radical (unpaired) electrons. The van der Waals surface area contributed by atoms with Crippen molar-refractivity contribution in [2.45, 2.75) is 6.04 Å². The molecule has 1 heterocycles. The van der Waals surface area contributed by atoms with Crippen LogP contribution in [0, 0.1) is 12.3 Å². The number of benzene rings is 2. The van der Waals surface area contributed by atoms with Crippen LogP contribution in [0.3, 0.4) is 0 Å². The Morgan fingerprint density at radius 2 is 2.05 bits per heavy atom. The standard InChI is InChI=1S/C18H15BrN2O/c1-2-10-21-12-17(22)20-16-9-8-14(19)11-15(16)18(21)13-6-4-3-5-7-13/h1,3-9,11,18H,10,12H2,(H,20,22). The van der Waals surface area contributed by atoms with Gasteiger partial charge in [-0.15, -0.1) is 6.42 Å². The van der Waals surface area contributed by atoms with Crippen LogP contribution in [0.15, 0.2) is 53.0 Å². The van der Waals surface area contributed by atoms with Crippen molar-refractivity contribution in [2.75, 3.05) is 18.4 Å². The van der Waals surface area contributed by atoms with E-state index in [2.05, 4.69) is 39.3 Å². The van der Waals surface area contributed by atoms with E-state index >= 15 is 0 Å². The molecule has 3 rings (SSSR count). The average Bonchev–Trinajstić information content (AvgIpc) is 2.64. The van der Waals surface area contributed by atoms with Gasteiger partial charge in [-0.1, -0.05) is 52.2 Å². The fraction of sp³-hybridized carbons (Fsp3) is 0.167. The molecule has 2 aromatic carbocycles. The number of halogens is 1. The van der Waals surface area contributed by atoms with Gasteiger partial charge in [0, 0.05) is 10.2 Å². The zero-order valence-corrected chi connectivity index (χ0v) is 13.5. The summed E-state index contributed by atoms with van der Waals surface area (Å²) >= 11 is 3.52. The van der Waals surface area contributed by atoms with Gasteiger partial charge in [-0.3, -0.25) is 9.69 Å². The molecule has 3 nitrogen and oxygen atoms in total. The van der Waals surface area contributed by atoms with Crippen molar-refractivity contribution in [1.82, 2.24) is 4.90 Å². The second-order valence-corrected chi connectivity index (χ2v) is 6.12. The molecule has 0 spiro atoms. The van der Waals surface area contributed by atoms with Gasteiger partial charge >= 0.3 is 0 Å². The number of amides is 1. The second kappa shape index (κ2) is 6.35. The third-order valence-electron chi connectivity index (χ3n) is 3.70. The van der Waals surface area contributed by atoms with Gasteiger partial charge in [0.15, 0.2) is 0 Å². The summed E-state index contributed by atoms with van der Waals surface area (Å²) in [6.45, 7) is 0.689. The van der Waals surface area contributed by atoms with E-state index in [4.69, 9.17) is 6.42 Å². The van der Waals surface area contributed by atoms with E-state index in [1.54, 1.807) is 0 Å². The predicted octanol–water partition coefficient (Wildman–Crippen LogP) is 3.43. The van der Waals surface area contributed by atoms with Gasteiger partial charge < -0.3 is 5.32 Å². The lowest BCUT2D eigenvalue weighted by Gasteiger charge is -2.28. The van der Waals surface area contributed by atoms with E-state index in [1.807, 2.05) is 41.3 Å². The van der Waals surface area contributed by atoms with Gasteiger partial charge in [-0.25, -0.2) is 0 Å². The molecule has 0 saturated heterocycles. The third-order valence-corrected chi connectivity index (χ3v) is 4.20. The quantitative estimate of drug-likeness (QED) is 0.838. The molecule has 0 aliphatic carbocycles. The number of anilines is 1. The summed E-state index contributed by atoms with van der Waals surface area (Å²) in [5.74, 6) is 2.62. The maximum Gasteiger partial charge on any atom is 0.238 e. The van der Waals surface area contributed by atoms with Crippen LogP contribution in [0.2, 0.25) is 0 Å². The SMILES string of the molecule is C#CCN1CC(=O)Nc2ccc(Br)cc2C1c1ccccc1. The highest BCUT2D eigenvalue weighted by atomic mass is 79.9. The summed E-state index contributed by atoms with van der Waals surface area (Å²) in [6, 6.07) is 16.0. The summed E-state index contributed by atoms with van der Waals surface area (Å²) in [4.78, 5) is 14.2. The first-order chi connectivity index (χ1) is 10.7. The van der Waals surface area contributed by atoms with Crippen molar-refractivity contribution >= 4 is 27.5 Å². The van der Waals surface area contributed by atoms with Gasteiger partial charge in [-0.05, 0) is 29.3 Å². The molecular weight excluding hydrogens is 340 g/mol. The van der Waals surface area contributed by atoms with Crippen molar-refractivity contribution < 1.29 is 4.79 Å². The lowest BCUT2D eigenvalue weighted by molar-refractivity contribution is -0.117. The topological polar surface area (TPSA) is 32.3 Å². The van der Waals surface area contributed by atoms with E-state index in [-0.39, 0.29) is 18.5 Å². The maximum absolute atomic E-state index is 12.2. The normalized spacial score (nSPS) is 18.0. The molecule has 1 amide bonds. The van der Waals surface area contributed by atoms with Crippen molar-refractivity contribution in [3.05, 3.63) is 64.1 Å². The maximum atomic E-state index is 12.2. The molecule has 0 bridgehead atoms. The Hall–Kier alpha value is -2.09. The molecule has 4 heteroatoms. The first-order valence-corrected chi connectivity index (χ1v) is 7.80. The smallest absolute Gasteiger partial charge is 0.238 e. The zero-order chi connectivity index (χ0) is 15.5. The lowest BCUT2D eigenvalue weighted by atomic mass is 9.96. The van der Waals surface area contributed by atoms with Crippen LogP contribution in [-0.4, -0.2) is 23.9 Å². The molecule has 1 N–H and O–H groups in total. The van der Waals surface area contributed by atoms with Crippen LogP contribution in [-0.2, 0) is 4.79 Å². The number of carbonyl (C=O) groups excluding carboxylic acids is 1. The number of nitrogens with zero attached hydrogens (tertiary/aromatic N) is 1. The number of fused-ring (bicyclic) bond motifs is 1. The predicted molar refractivity (Wildman–Crippen MR) is 91.5 cm³/mol. The van der Waals surface area contributed by atoms with Crippen molar-refractivity contribution in [2.24, 2.45) is 0 Å². The van der Waals surface area contributed by atoms with Gasteiger partial charge in [0.25, 0.3) is 0 Å². The second-order valence-electron chi connectivity index (χ2n) is 5.20. The number of terminal acetylenes is 1. The summed E-state index contributed by atoms with van der Waals surface area (Å²) < 4.78 is 0.976. The molecular formula is C18H15BrN2O. The molecule has 22 heavy (non-hydrogen) atoms. The van der Waals surface area contributed by atoms with Crippen molar-refractivity contribution in [1.29, 1.82) is 0 Å². The monoisotopic (exact) mass is 354 g/mol. The Morgan fingerprint density at radius 3 is 2.77 bits per heavy atom. The van der Waals surface area contributed by atoms with Gasteiger partial charge in [0.05, 0.1) is 19.1 Å². The minimum atomic E-state index is -0.0521. The summed E-state index contributed by atoms with van der Waals surface area (Å²) in [5, 5.41) is 2.97. The number of hydrogen-bond donors (Lipinski definition) is 1. The van der Waals surface area contributed by atoms with Crippen LogP contribution in [0.1, 0.15) is 17.2 Å². The first kappa shape index (κ1) is 14.8. The van der Waals surface area contributed by atoms with Crippen LogP contribution < -0.4 is 5.32 Å². The molecule has 0 aromatic heterocycles. The highest BCUT2D eigenvalue weighted by Gasteiger charge is 2.29. The molecule has 2 aromatic rings. The largest absolute Gasteiger partial charge is 0.325 e. The summed E-state index contributed by atoms with van der Waals surface area (Å²) in [6.07, 6.45) is 5.51. The van der Waals surface area contributed by atoms with Crippen LogP contribution in [0.5, 0.6) is 0 Å². The molecule has 0 fully saturated rings. The van der Waals surface area contributed by atoms with Crippen molar-refractivity contribution in [3.8, 4) is 12.3 Å². The van der Waals surface area contributed by atoms with E-state index in [0.29, 0.717) is 6.54 Å². The highest BCUT2D eigenvalue weighted by Crippen LogP contribution is 2.36. The highest BCUT2D eigenvalue weighted by molar-refractivity contribution is 9.10. The summed E-state index contributed by atoms with van der Waals surface area (Å²) in [5.41, 5.74) is 3.00. The first-order valence-electron chi connectivity index (χ1n) is 7.01. The molecule has 110 valence electrons. The lowest BCUT2D eigenvalue weighted by Crippen LogP contribution is -2.34. The van der Waals surface area contributed by atoms with Crippen LogP contribution in [0.25, 0.3) is 0 Å². The van der Waals surface area contributed by atoms with Crippen molar-refractivity contribution in [3.63, 3.8) is 0 Å². The molecule has 0 saturated carbocycles. The van der Waals surface area contributed by atoms with Gasteiger partial charge in [0.2, 0.25) is 5.91 Å². The fourth-order valence-electron chi connectivity index (χ4n) is 2.83. The molecule has 1 unspecified atom stereocenters. The Bertz CT molecular complexity index is 736. The Kier molecular flexibility index (Phi) is 4.28. The average molecular weight is 355 g/mol. The molecule has 1 aliphatic heterocycles. The fourth-order valence-corrected chi connectivity index (χ4v) is 3.20. The number of hydrogen-bond acceptors (Lipinski definition) is 2. The molecule has 1 aliphatic rings. The Morgan fingerprint density at radius 1 is 1.27 bits per heavy atom.